The van der Waals surface area contributed by atoms with Crippen molar-refractivity contribution < 1.29 is 4.79 Å². The van der Waals surface area contributed by atoms with Gasteiger partial charge in [-0.15, -0.1) is 0 Å². The molecule has 0 aromatic heterocycles. The minimum Gasteiger partial charge on any atom is -0.293 e. The predicted molar refractivity (Wildman–Crippen MR) is 85.9 cm³/mol. The molecular weight excluding hydrogens is 256 g/mol. The zero-order valence-electron chi connectivity index (χ0n) is 12.0. The van der Waals surface area contributed by atoms with Gasteiger partial charge in [-0.1, -0.05) is 60.7 Å². The summed E-state index contributed by atoms with van der Waals surface area (Å²) in [4.78, 5) is 12.9. The maximum absolute atomic E-state index is 12.9. The highest BCUT2D eigenvalue weighted by molar-refractivity contribution is 6.12. The highest BCUT2D eigenvalue weighted by Crippen LogP contribution is 2.38. The Morgan fingerprint density at radius 2 is 1.62 bits per heavy atom. The summed E-state index contributed by atoms with van der Waals surface area (Å²) in [5.74, 6) is 0.289. The molecule has 1 heteroatoms. The molecule has 1 aliphatic carbocycles. The highest BCUT2D eigenvalue weighted by Gasteiger charge is 2.32. The molecule has 0 saturated carbocycles. The van der Waals surface area contributed by atoms with Crippen LogP contribution in [0.5, 0.6) is 0 Å². The Kier molecular flexibility index (Phi) is 2.68. The van der Waals surface area contributed by atoms with Crippen molar-refractivity contribution in [3.63, 3.8) is 0 Å². The summed E-state index contributed by atoms with van der Waals surface area (Å²) in [6.07, 6.45) is 0.872. The van der Waals surface area contributed by atoms with Crippen LogP contribution >= 0.6 is 0 Å². The smallest absolute Gasteiger partial charge is 0.171 e. The monoisotopic (exact) mass is 272 g/mol. The lowest BCUT2D eigenvalue weighted by Gasteiger charge is -2.29. The Balaban J connectivity index is 1.82. The zero-order chi connectivity index (χ0) is 14.4. The van der Waals surface area contributed by atoms with Crippen molar-refractivity contribution >= 4 is 16.6 Å². The van der Waals surface area contributed by atoms with E-state index in [1.165, 1.54) is 22.1 Å². The summed E-state index contributed by atoms with van der Waals surface area (Å²) < 4.78 is 0. The number of carbonyl (C=O) groups is 1. The summed E-state index contributed by atoms with van der Waals surface area (Å²) in [5.41, 5.74) is 4.59. The van der Waals surface area contributed by atoms with Gasteiger partial charge in [-0.05, 0) is 40.8 Å². The van der Waals surface area contributed by atoms with E-state index in [4.69, 9.17) is 0 Å². The number of hydrogen-bond donors (Lipinski definition) is 0. The number of Topliss-reactive ketones (excluding diaryl/α,β-unsaturated/α-hetero) is 1. The summed E-state index contributed by atoms with van der Waals surface area (Å²) in [5, 5.41) is 2.25. The fourth-order valence-corrected chi connectivity index (χ4v) is 3.35. The summed E-state index contributed by atoms with van der Waals surface area (Å²) >= 11 is 0. The second-order valence-electron chi connectivity index (χ2n) is 5.80. The van der Waals surface area contributed by atoms with Gasteiger partial charge in [0.2, 0.25) is 0 Å². The van der Waals surface area contributed by atoms with Crippen molar-refractivity contribution in [3.8, 4) is 0 Å². The van der Waals surface area contributed by atoms with Crippen LogP contribution in [-0.2, 0) is 6.42 Å². The first-order valence-electron chi connectivity index (χ1n) is 7.36. The van der Waals surface area contributed by atoms with E-state index in [1.807, 2.05) is 30.3 Å². The first-order valence-corrected chi connectivity index (χ1v) is 7.36. The minimum atomic E-state index is 0.0345. The molecule has 102 valence electrons. The van der Waals surface area contributed by atoms with Gasteiger partial charge in [0.05, 0.1) is 5.92 Å². The molecule has 1 atom stereocenters. The normalized spacial score (nSPS) is 16.3. The van der Waals surface area contributed by atoms with Gasteiger partial charge < -0.3 is 0 Å². The maximum atomic E-state index is 12.9. The van der Waals surface area contributed by atoms with Crippen molar-refractivity contribution in [2.24, 2.45) is 0 Å². The van der Waals surface area contributed by atoms with Crippen molar-refractivity contribution in [1.29, 1.82) is 0 Å². The quantitative estimate of drug-likeness (QED) is 0.619. The van der Waals surface area contributed by atoms with E-state index >= 15 is 0 Å². The van der Waals surface area contributed by atoms with E-state index in [2.05, 4.69) is 37.3 Å². The molecule has 0 radical (unpaired) electrons. The zero-order valence-corrected chi connectivity index (χ0v) is 12.0. The molecule has 3 aromatic rings. The standard InChI is InChI=1S/C20H16O/c1-13-10-11-18(17-9-5-4-7-15(13)17)20(21)19-12-14-6-2-3-8-16(14)19/h2-11,19H,12H2,1H3. The molecule has 0 spiro atoms. The van der Waals surface area contributed by atoms with Crippen LogP contribution in [0.15, 0.2) is 60.7 Å². The van der Waals surface area contributed by atoms with Crippen LogP contribution in [0.1, 0.15) is 33.0 Å². The predicted octanol–water partition coefficient (Wildman–Crippen LogP) is 4.67. The van der Waals surface area contributed by atoms with Crippen molar-refractivity contribution in [3.05, 3.63) is 82.9 Å². The molecule has 0 heterocycles. The maximum Gasteiger partial charge on any atom is 0.171 e. The first kappa shape index (κ1) is 12.3. The molecule has 1 unspecified atom stereocenters. The van der Waals surface area contributed by atoms with E-state index in [-0.39, 0.29) is 11.7 Å². The highest BCUT2D eigenvalue weighted by atomic mass is 16.1. The molecule has 21 heavy (non-hydrogen) atoms. The first-order chi connectivity index (χ1) is 10.3. The SMILES string of the molecule is Cc1ccc(C(=O)C2Cc3ccccc32)c2ccccc12. The Morgan fingerprint density at radius 1 is 0.905 bits per heavy atom. The average Bonchev–Trinajstić information content (AvgIpc) is 2.49. The number of hydrogen-bond acceptors (Lipinski definition) is 1. The van der Waals surface area contributed by atoms with Crippen molar-refractivity contribution in [1.82, 2.24) is 0 Å². The third-order valence-electron chi connectivity index (χ3n) is 4.58. The molecule has 3 aromatic carbocycles. The van der Waals surface area contributed by atoms with Crippen LogP contribution in [0.3, 0.4) is 0 Å². The molecule has 0 aliphatic heterocycles. The second-order valence-corrected chi connectivity index (χ2v) is 5.80. The van der Waals surface area contributed by atoms with Crippen LogP contribution in [0.2, 0.25) is 0 Å². The Morgan fingerprint density at radius 3 is 2.43 bits per heavy atom. The number of benzene rings is 3. The third-order valence-corrected chi connectivity index (χ3v) is 4.58. The van der Waals surface area contributed by atoms with Gasteiger partial charge in [0, 0.05) is 5.56 Å². The van der Waals surface area contributed by atoms with E-state index in [1.54, 1.807) is 0 Å². The summed E-state index contributed by atoms with van der Waals surface area (Å²) in [7, 11) is 0. The molecule has 0 bridgehead atoms. The number of aryl methyl sites for hydroxylation is 1. The van der Waals surface area contributed by atoms with Crippen molar-refractivity contribution in [2.75, 3.05) is 0 Å². The fraction of sp³-hybridized carbons (Fsp3) is 0.150. The molecule has 1 nitrogen and oxygen atoms in total. The summed E-state index contributed by atoms with van der Waals surface area (Å²) in [6, 6.07) is 20.5. The van der Waals surface area contributed by atoms with Crippen LogP contribution < -0.4 is 0 Å². The van der Waals surface area contributed by atoms with Gasteiger partial charge in [-0.25, -0.2) is 0 Å². The Hall–Kier alpha value is -2.41. The van der Waals surface area contributed by atoms with Gasteiger partial charge >= 0.3 is 0 Å². The van der Waals surface area contributed by atoms with Gasteiger partial charge in [0.1, 0.15) is 0 Å². The van der Waals surface area contributed by atoms with Crippen molar-refractivity contribution in [2.45, 2.75) is 19.3 Å². The number of ketones is 1. The average molecular weight is 272 g/mol. The molecule has 0 saturated heterocycles. The number of carbonyl (C=O) groups excluding carboxylic acids is 1. The van der Waals surface area contributed by atoms with E-state index in [0.717, 1.165) is 17.4 Å². The van der Waals surface area contributed by atoms with Crippen LogP contribution in [0.4, 0.5) is 0 Å². The lowest BCUT2D eigenvalue weighted by molar-refractivity contribution is 0.0950. The molecule has 0 N–H and O–H groups in total. The van der Waals surface area contributed by atoms with Crippen LogP contribution in [0.25, 0.3) is 10.8 Å². The largest absolute Gasteiger partial charge is 0.293 e. The Bertz CT molecular complexity index is 861. The van der Waals surface area contributed by atoms with Crippen LogP contribution in [0, 0.1) is 6.92 Å². The van der Waals surface area contributed by atoms with Gasteiger partial charge in [0.15, 0.2) is 5.78 Å². The summed E-state index contributed by atoms with van der Waals surface area (Å²) in [6.45, 7) is 2.09. The Labute approximate surface area is 124 Å². The second kappa shape index (κ2) is 4.56. The van der Waals surface area contributed by atoms with Gasteiger partial charge in [-0.3, -0.25) is 4.79 Å². The molecule has 1 aliphatic rings. The van der Waals surface area contributed by atoms with E-state index in [0.29, 0.717) is 0 Å². The topological polar surface area (TPSA) is 17.1 Å². The van der Waals surface area contributed by atoms with E-state index in [9.17, 15) is 4.79 Å². The van der Waals surface area contributed by atoms with Crippen LogP contribution in [-0.4, -0.2) is 5.78 Å². The minimum absolute atomic E-state index is 0.0345. The van der Waals surface area contributed by atoms with E-state index < -0.39 is 0 Å². The molecule has 0 fully saturated rings. The lowest BCUT2D eigenvalue weighted by atomic mass is 9.73. The molecule has 4 rings (SSSR count). The fourth-order valence-electron chi connectivity index (χ4n) is 3.35. The number of rotatable bonds is 2. The lowest BCUT2D eigenvalue weighted by Crippen LogP contribution is -2.25. The van der Waals surface area contributed by atoms with Gasteiger partial charge in [-0.2, -0.15) is 0 Å². The molecule has 0 amide bonds. The van der Waals surface area contributed by atoms with Gasteiger partial charge in [0.25, 0.3) is 0 Å². The third kappa shape index (κ3) is 1.81. The molecular formula is C20H16O. The number of fused-ring (bicyclic) bond motifs is 2.